The molecule has 0 bridgehead atoms. The van der Waals surface area contributed by atoms with E-state index in [2.05, 4.69) is 15.3 Å². The molecule has 1 aliphatic carbocycles. The smallest absolute Gasteiger partial charge is 0.228 e. The van der Waals surface area contributed by atoms with Crippen molar-refractivity contribution in [3.05, 3.63) is 48.3 Å². The largest absolute Gasteiger partial charge is 0.493 e. The minimum absolute atomic E-state index is 0.250. The number of aromatic nitrogens is 2. The van der Waals surface area contributed by atoms with Crippen LogP contribution in [0.2, 0.25) is 0 Å². The monoisotopic (exact) mass is 432 g/mol. The first-order chi connectivity index (χ1) is 15.6. The maximum Gasteiger partial charge on any atom is 0.228 e. The van der Waals surface area contributed by atoms with Crippen molar-refractivity contribution in [2.75, 3.05) is 26.8 Å². The van der Waals surface area contributed by atoms with E-state index in [0.29, 0.717) is 24.0 Å². The fourth-order valence-corrected chi connectivity index (χ4v) is 4.57. The quantitative estimate of drug-likeness (QED) is 0.595. The molecule has 0 unspecified atom stereocenters. The fraction of sp³-hybridized carbons (Fsp3) is 0.400. The van der Waals surface area contributed by atoms with Crippen molar-refractivity contribution in [1.82, 2.24) is 15.3 Å². The molecule has 1 saturated carbocycles. The van der Waals surface area contributed by atoms with E-state index in [-0.39, 0.29) is 5.91 Å². The van der Waals surface area contributed by atoms with Crippen molar-refractivity contribution in [2.24, 2.45) is 11.7 Å². The number of nitrogens with two attached hydrogens (primary N) is 1. The minimum Gasteiger partial charge on any atom is -0.493 e. The number of carbonyl (C=O) groups excluding carboxylic acids is 1. The van der Waals surface area contributed by atoms with E-state index in [0.717, 1.165) is 66.5 Å². The Bertz CT molecular complexity index is 1140. The van der Waals surface area contributed by atoms with Gasteiger partial charge in [0.05, 0.1) is 30.3 Å². The number of primary amides is 1. The normalized spacial score (nSPS) is 17.8. The van der Waals surface area contributed by atoms with Crippen molar-refractivity contribution in [1.29, 1.82) is 0 Å². The highest BCUT2D eigenvalue weighted by atomic mass is 16.5. The van der Waals surface area contributed by atoms with Gasteiger partial charge >= 0.3 is 0 Å². The van der Waals surface area contributed by atoms with Gasteiger partial charge in [-0.1, -0.05) is 24.3 Å². The molecule has 5 rings (SSSR count). The van der Waals surface area contributed by atoms with Crippen LogP contribution < -0.4 is 20.5 Å². The average molecular weight is 433 g/mol. The van der Waals surface area contributed by atoms with E-state index in [1.54, 1.807) is 13.4 Å². The number of amides is 1. The summed E-state index contributed by atoms with van der Waals surface area (Å²) in [7, 11) is 1.65. The zero-order chi connectivity index (χ0) is 22.1. The third-order valence-electron chi connectivity index (χ3n) is 6.79. The van der Waals surface area contributed by atoms with Crippen LogP contribution in [0.25, 0.3) is 22.2 Å². The van der Waals surface area contributed by atoms with Gasteiger partial charge in [-0.05, 0) is 56.3 Å². The highest BCUT2D eigenvalue weighted by Gasteiger charge is 2.49. The second-order valence-electron chi connectivity index (χ2n) is 8.77. The van der Waals surface area contributed by atoms with Crippen molar-refractivity contribution in [3.8, 4) is 22.8 Å². The van der Waals surface area contributed by atoms with Gasteiger partial charge in [-0.2, -0.15) is 0 Å². The Kier molecular flexibility index (Phi) is 5.43. The molecule has 0 atom stereocenters. The van der Waals surface area contributed by atoms with Crippen LogP contribution in [0.3, 0.4) is 0 Å². The van der Waals surface area contributed by atoms with E-state index >= 15 is 0 Å². The number of nitrogens with one attached hydrogen (secondary N) is 1. The Labute approximate surface area is 187 Å². The van der Waals surface area contributed by atoms with Gasteiger partial charge in [-0.3, -0.25) is 4.79 Å². The number of benzene rings is 2. The minimum atomic E-state index is -0.490. The molecule has 2 aromatic carbocycles. The van der Waals surface area contributed by atoms with Gasteiger partial charge in [0.15, 0.2) is 11.5 Å². The molecule has 2 aliphatic rings. The summed E-state index contributed by atoms with van der Waals surface area (Å²) in [5.41, 5.74) is 8.67. The molecule has 166 valence electrons. The standard InChI is InChI=1S/C25H28N4O3/c1-31-21-12-19-20(13-22(21)32-14-16-6-10-27-11-7-16)28-15-29-23(19)17-2-4-18(5-3-17)25(8-9-25)24(26)30/h2-5,12-13,15-16,27H,6-11,14H2,1H3,(H2,26,30). The fourth-order valence-electron chi connectivity index (χ4n) is 4.57. The lowest BCUT2D eigenvalue weighted by Gasteiger charge is -2.23. The molecule has 7 heteroatoms. The third kappa shape index (κ3) is 3.77. The topological polar surface area (TPSA) is 99.4 Å². The highest BCUT2D eigenvalue weighted by Crippen LogP contribution is 2.48. The lowest BCUT2D eigenvalue weighted by Crippen LogP contribution is -2.30. The summed E-state index contributed by atoms with van der Waals surface area (Å²) in [6.45, 7) is 2.75. The molecule has 32 heavy (non-hydrogen) atoms. The number of nitrogens with zero attached hydrogens (tertiary/aromatic N) is 2. The second kappa shape index (κ2) is 8.39. The van der Waals surface area contributed by atoms with Gasteiger partial charge in [0.25, 0.3) is 0 Å². The number of piperidine rings is 1. The maximum absolute atomic E-state index is 11.8. The zero-order valence-electron chi connectivity index (χ0n) is 18.3. The highest BCUT2D eigenvalue weighted by molar-refractivity contribution is 5.94. The summed E-state index contributed by atoms with van der Waals surface area (Å²) in [6, 6.07) is 11.8. The summed E-state index contributed by atoms with van der Waals surface area (Å²) >= 11 is 0. The Morgan fingerprint density at radius 2 is 1.88 bits per heavy atom. The van der Waals surface area contributed by atoms with Crippen LogP contribution in [0.1, 0.15) is 31.2 Å². The van der Waals surface area contributed by atoms with Gasteiger partial charge in [0.2, 0.25) is 5.91 Å². The molecular weight excluding hydrogens is 404 g/mol. The average Bonchev–Trinajstić information content (AvgIpc) is 3.65. The van der Waals surface area contributed by atoms with Crippen molar-refractivity contribution in [2.45, 2.75) is 31.1 Å². The molecule has 3 aromatic rings. The number of hydrogen-bond acceptors (Lipinski definition) is 6. The molecule has 1 aromatic heterocycles. The van der Waals surface area contributed by atoms with E-state index in [4.69, 9.17) is 15.2 Å². The second-order valence-corrected chi connectivity index (χ2v) is 8.77. The molecule has 2 heterocycles. The summed E-state index contributed by atoms with van der Waals surface area (Å²) in [6.07, 6.45) is 5.44. The summed E-state index contributed by atoms with van der Waals surface area (Å²) < 4.78 is 11.8. The van der Waals surface area contributed by atoms with Crippen LogP contribution in [0, 0.1) is 5.92 Å². The summed E-state index contributed by atoms with van der Waals surface area (Å²) in [5, 5.41) is 4.27. The Morgan fingerprint density at radius 1 is 1.12 bits per heavy atom. The summed E-state index contributed by atoms with van der Waals surface area (Å²) in [5.74, 6) is 1.67. The molecule has 0 radical (unpaired) electrons. The van der Waals surface area contributed by atoms with E-state index in [1.807, 2.05) is 36.4 Å². The SMILES string of the molecule is COc1cc2c(-c3ccc(C4(C(N)=O)CC4)cc3)ncnc2cc1OCC1CCNCC1. The van der Waals surface area contributed by atoms with Crippen molar-refractivity contribution < 1.29 is 14.3 Å². The molecule has 7 nitrogen and oxygen atoms in total. The van der Waals surface area contributed by atoms with Crippen LogP contribution in [0.4, 0.5) is 0 Å². The number of rotatable bonds is 7. The van der Waals surface area contributed by atoms with E-state index in [1.165, 1.54) is 0 Å². The maximum atomic E-state index is 11.8. The van der Waals surface area contributed by atoms with Gasteiger partial charge < -0.3 is 20.5 Å². The van der Waals surface area contributed by atoms with Crippen LogP contribution in [0.5, 0.6) is 11.5 Å². The van der Waals surface area contributed by atoms with Crippen LogP contribution in [-0.2, 0) is 10.2 Å². The number of ether oxygens (including phenoxy) is 2. The molecule has 0 spiro atoms. The third-order valence-corrected chi connectivity index (χ3v) is 6.79. The van der Waals surface area contributed by atoms with E-state index in [9.17, 15) is 4.79 Å². The molecule has 1 amide bonds. The summed E-state index contributed by atoms with van der Waals surface area (Å²) in [4.78, 5) is 20.9. The predicted octanol–water partition coefficient (Wildman–Crippen LogP) is 3.20. The van der Waals surface area contributed by atoms with Crippen molar-refractivity contribution in [3.63, 3.8) is 0 Å². The lowest BCUT2D eigenvalue weighted by atomic mass is 9.93. The Balaban J connectivity index is 1.45. The number of hydrogen-bond donors (Lipinski definition) is 2. The molecule has 2 fully saturated rings. The Morgan fingerprint density at radius 3 is 2.53 bits per heavy atom. The first-order valence-corrected chi connectivity index (χ1v) is 11.2. The van der Waals surface area contributed by atoms with Crippen molar-refractivity contribution >= 4 is 16.8 Å². The molecule has 3 N–H and O–H groups in total. The van der Waals surface area contributed by atoms with Gasteiger partial charge in [-0.15, -0.1) is 0 Å². The zero-order valence-corrected chi connectivity index (χ0v) is 18.3. The first-order valence-electron chi connectivity index (χ1n) is 11.2. The first kappa shape index (κ1) is 20.7. The molecule has 1 saturated heterocycles. The Hall–Kier alpha value is -3.19. The number of methoxy groups -OCH3 is 1. The van der Waals surface area contributed by atoms with Crippen LogP contribution in [-0.4, -0.2) is 42.7 Å². The van der Waals surface area contributed by atoms with Gasteiger partial charge in [-0.25, -0.2) is 9.97 Å². The molecular formula is C25H28N4O3. The number of carbonyl (C=O) groups is 1. The van der Waals surface area contributed by atoms with Crippen LogP contribution >= 0.6 is 0 Å². The van der Waals surface area contributed by atoms with Gasteiger partial charge in [0.1, 0.15) is 6.33 Å². The lowest BCUT2D eigenvalue weighted by molar-refractivity contribution is -0.120. The van der Waals surface area contributed by atoms with Gasteiger partial charge in [0, 0.05) is 17.0 Å². The van der Waals surface area contributed by atoms with Crippen LogP contribution in [0.15, 0.2) is 42.7 Å². The predicted molar refractivity (Wildman–Crippen MR) is 123 cm³/mol. The molecule has 1 aliphatic heterocycles. The number of fused-ring (bicyclic) bond motifs is 1. The van der Waals surface area contributed by atoms with E-state index < -0.39 is 5.41 Å².